The number of nitrogens with one attached hydrogen (secondary N) is 1. The van der Waals surface area contributed by atoms with Gasteiger partial charge >= 0.3 is 0 Å². The number of aryl methyl sites for hydroxylation is 1. The molecule has 3 rings (SSSR count). The average molecular weight is 276 g/mol. The number of halogens is 1. The third-order valence-electron chi connectivity index (χ3n) is 4.87. The Morgan fingerprint density at radius 3 is 2.85 bits per heavy atom. The first kappa shape index (κ1) is 13.6. The van der Waals surface area contributed by atoms with E-state index in [9.17, 15) is 9.18 Å². The van der Waals surface area contributed by atoms with Gasteiger partial charge in [-0.1, -0.05) is 19.8 Å². The summed E-state index contributed by atoms with van der Waals surface area (Å²) in [6, 6.07) is 3.05. The number of benzene rings is 1. The van der Waals surface area contributed by atoms with E-state index in [0.717, 1.165) is 12.0 Å². The topological polar surface area (TPSA) is 55.1 Å². The Morgan fingerprint density at radius 1 is 1.35 bits per heavy atom. The highest BCUT2D eigenvalue weighted by molar-refractivity contribution is 5.93. The summed E-state index contributed by atoms with van der Waals surface area (Å²) >= 11 is 0. The number of carbonyl (C=O) groups excluding carboxylic acids is 1. The summed E-state index contributed by atoms with van der Waals surface area (Å²) < 4.78 is 14.3. The van der Waals surface area contributed by atoms with E-state index in [0.29, 0.717) is 35.9 Å². The molecule has 0 bridgehead atoms. The van der Waals surface area contributed by atoms with E-state index in [1.165, 1.54) is 18.9 Å². The molecule has 1 aromatic carbocycles. The van der Waals surface area contributed by atoms with Gasteiger partial charge in [0.2, 0.25) is 5.91 Å². The van der Waals surface area contributed by atoms with Crippen molar-refractivity contribution in [2.24, 2.45) is 17.6 Å². The van der Waals surface area contributed by atoms with Crippen molar-refractivity contribution < 1.29 is 9.18 Å². The molecule has 1 aromatic rings. The first-order valence-corrected chi connectivity index (χ1v) is 7.44. The molecular formula is C16H21FN2O. The van der Waals surface area contributed by atoms with Gasteiger partial charge in [0.25, 0.3) is 0 Å². The van der Waals surface area contributed by atoms with E-state index in [1.54, 1.807) is 0 Å². The van der Waals surface area contributed by atoms with Crippen molar-refractivity contribution in [3.63, 3.8) is 0 Å². The lowest BCUT2D eigenvalue weighted by molar-refractivity contribution is -0.116. The largest absolute Gasteiger partial charge is 0.326 e. The van der Waals surface area contributed by atoms with Crippen molar-refractivity contribution in [1.29, 1.82) is 0 Å². The average Bonchev–Trinajstić information content (AvgIpc) is 2.83. The molecule has 3 N–H and O–H groups in total. The fraction of sp³-hybridized carbons (Fsp3) is 0.562. The second kappa shape index (κ2) is 5.17. The first-order valence-electron chi connectivity index (χ1n) is 7.44. The molecule has 3 nitrogen and oxygen atoms in total. The normalized spacial score (nSPS) is 27.1. The molecule has 0 radical (unpaired) electrons. The van der Waals surface area contributed by atoms with Gasteiger partial charge in [-0.3, -0.25) is 4.79 Å². The molecule has 1 aliphatic heterocycles. The van der Waals surface area contributed by atoms with Crippen LogP contribution in [0.25, 0.3) is 0 Å². The zero-order chi connectivity index (χ0) is 14.3. The van der Waals surface area contributed by atoms with Crippen molar-refractivity contribution >= 4 is 11.6 Å². The maximum Gasteiger partial charge on any atom is 0.224 e. The molecule has 3 unspecified atom stereocenters. The van der Waals surface area contributed by atoms with Crippen LogP contribution >= 0.6 is 0 Å². The molecule has 1 aliphatic carbocycles. The fourth-order valence-corrected chi connectivity index (χ4v) is 3.61. The summed E-state index contributed by atoms with van der Waals surface area (Å²) in [5.41, 5.74) is 8.54. The van der Waals surface area contributed by atoms with Gasteiger partial charge in [0, 0.05) is 23.7 Å². The zero-order valence-electron chi connectivity index (χ0n) is 11.8. The van der Waals surface area contributed by atoms with Gasteiger partial charge in [-0.25, -0.2) is 4.39 Å². The molecule has 1 fully saturated rings. The lowest BCUT2D eigenvalue weighted by Gasteiger charge is -2.26. The zero-order valence-corrected chi connectivity index (χ0v) is 11.8. The van der Waals surface area contributed by atoms with Crippen LogP contribution < -0.4 is 11.1 Å². The van der Waals surface area contributed by atoms with Crippen LogP contribution in [-0.4, -0.2) is 5.91 Å². The number of hydrogen-bond donors (Lipinski definition) is 2. The Kier molecular flexibility index (Phi) is 3.50. The number of rotatable bonds is 2. The van der Waals surface area contributed by atoms with Crippen LogP contribution in [0.3, 0.4) is 0 Å². The van der Waals surface area contributed by atoms with Crippen LogP contribution in [0, 0.1) is 17.7 Å². The minimum Gasteiger partial charge on any atom is -0.326 e. The molecule has 20 heavy (non-hydrogen) atoms. The summed E-state index contributed by atoms with van der Waals surface area (Å²) in [6.07, 6.45) is 4.58. The van der Waals surface area contributed by atoms with Gasteiger partial charge in [-0.15, -0.1) is 0 Å². The molecule has 108 valence electrons. The quantitative estimate of drug-likeness (QED) is 0.872. The summed E-state index contributed by atoms with van der Waals surface area (Å²) in [5.74, 6) is 0.580. The Balaban J connectivity index is 1.92. The summed E-state index contributed by atoms with van der Waals surface area (Å²) in [4.78, 5) is 11.3. The maximum absolute atomic E-state index is 14.3. The van der Waals surface area contributed by atoms with Gasteiger partial charge in [0.1, 0.15) is 5.82 Å². The standard InChI is InChI=1S/C16H21FN2O/c1-9-3-2-4-11(9)16(18)12-7-10-5-6-15(20)19-14(10)8-13(12)17/h7-9,11,16H,2-6,18H2,1H3,(H,19,20). The first-order chi connectivity index (χ1) is 9.56. The smallest absolute Gasteiger partial charge is 0.224 e. The number of amides is 1. The third kappa shape index (κ3) is 2.33. The highest BCUT2D eigenvalue weighted by Gasteiger charge is 2.31. The Hall–Kier alpha value is -1.42. The summed E-state index contributed by atoms with van der Waals surface area (Å²) in [6.45, 7) is 2.20. The second-order valence-corrected chi connectivity index (χ2v) is 6.18. The minimum absolute atomic E-state index is 0.0432. The molecule has 2 aliphatic rings. The minimum atomic E-state index is -0.294. The summed E-state index contributed by atoms with van der Waals surface area (Å²) in [5, 5.41) is 2.73. The number of carbonyl (C=O) groups is 1. The summed E-state index contributed by atoms with van der Waals surface area (Å²) in [7, 11) is 0. The maximum atomic E-state index is 14.3. The molecule has 1 heterocycles. The SMILES string of the molecule is CC1CCCC1C(N)c1cc2c(cc1F)NC(=O)CC2. The van der Waals surface area contributed by atoms with Gasteiger partial charge in [0.15, 0.2) is 0 Å². The lowest BCUT2D eigenvalue weighted by atomic mass is 9.85. The highest BCUT2D eigenvalue weighted by Crippen LogP contribution is 2.40. The molecule has 0 aromatic heterocycles. The van der Waals surface area contributed by atoms with Crippen LogP contribution in [0.2, 0.25) is 0 Å². The lowest BCUT2D eigenvalue weighted by Crippen LogP contribution is -2.26. The van der Waals surface area contributed by atoms with E-state index in [-0.39, 0.29) is 17.8 Å². The molecule has 4 heteroatoms. The Labute approximate surface area is 118 Å². The molecule has 0 spiro atoms. The van der Waals surface area contributed by atoms with Crippen LogP contribution in [0.15, 0.2) is 12.1 Å². The number of hydrogen-bond acceptors (Lipinski definition) is 2. The predicted octanol–water partition coefficient (Wildman–Crippen LogP) is 3.15. The highest BCUT2D eigenvalue weighted by atomic mass is 19.1. The fourth-order valence-electron chi connectivity index (χ4n) is 3.61. The van der Waals surface area contributed by atoms with Gasteiger partial charge in [0.05, 0.1) is 0 Å². The van der Waals surface area contributed by atoms with E-state index < -0.39 is 0 Å². The van der Waals surface area contributed by atoms with Gasteiger partial charge < -0.3 is 11.1 Å². The van der Waals surface area contributed by atoms with Crippen molar-refractivity contribution in [3.8, 4) is 0 Å². The monoisotopic (exact) mass is 276 g/mol. The van der Waals surface area contributed by atoms with Crippen LogP contribution in [0.4, 0.5) is 10.1 Å². The van der Waals surface area contributed by atoms with Crippen molar-refractivity contribution in [2.45, 2.75) is 45.1 Å². The molecule has 1 saturated carbocycles. The van der Waals surface area contributed by atoms with Crippen LogP contribution in [-0.2, 0) is 11.2 Å². The van der Waals surface area contributed by atoms with Crippen molar-refractivity contribution in [1.82, 2.24) is 0 Å². The van der Waals surface area contributed by atoms with E-state index >= 15 is 0 Å². The van der Waals surface area contributed by atoms with Crippen molar-refractivity contribution in [2.75, 3.05) is 5.32 Å². The molecule has 0 saturated heterocycles. The second-order valence-electron chi connectivity index (χ2n) is 6.18. The molecule has 3 atom stereocenters. The predicted molar refractivity (Wildman–Crippen MR) is 76.8 cm³/mol. The third-order valence-corrected chi connectivity index (χ3v) is 4.87. The van der Waals surface area contributed by atoms with Crippen molar-refractivity contribution in [3.05, 3.63) is 29.1 Å². The van der Waals surface area contributed by atoms with E-state index in [4.69, 9.17) is 5.73 Å². The molecule has 1 amide bonds. The Morgan fingerprint density at radius 2 is 2.15 bits per heavy atom. The van der Waals surface area contributed by atoms with E-state index in [2.05, 4.69) is 12.2 Å². The number of fused-ring (bicyclic) bond motifs is 1. The number of nitrogens with two attached hydrogens (primary N) is 1. The van der Waals surface area contributed by atoms with Gasteiger partial charge in [-0.2, -0.15) is 0 Å². The van der Waals surface area contributed by atoms with Crippen LogP contribution in [0.1, 0.15) is 49.8 Å². The van der Waals surface area contributed by atoms with Crippen LogP contribution in [0.5, 0.6) is 0 Å². The Bertz CT molecular complexity index is 544. The molecular weight excluding hydrogens is 255 g/mol. The van der Waals surface area contributed by atoms with E-state index in [1.807, 2.05) is 6.07 Å². The number of anilines is 1. The van der Waals surface area contributed by atoms with Gasteiger partial charge in [-0.05, 0) is 42.4 Å².